The van der Waals surface area contributed by atoms with Crippen LogP contribution in [0.5, 0.6) is 0 Å². The molecule has 5 heteroatoms. The lowest BCUT2D eigenvalue weighted by atomic mass is 9.87. The number of nitrogens with one attached hydrogen (secondary N) is 1. The number of cyclic esters (lactones) is 1. The molecule has 1 heterocycles. The molecule has 1 aliphatic heterocycles. The number of hydrogen-bond donors (Lipinski definition) is 1. The van der Waals surface area contributed by atoms with Gasteiger partial charge < -0.3 is 15.0 Å². The minimum Gasteiger partial charge on any atom is -0.457 e. The Morgan fingerprint density at radius 3 is 2.92 bits per heavy atom. The van der Waals surface area contributed by atoms with Crippen LogP contribution in [0.15, 0.2) is 42.5 Å². The smallest absolute Gasteiger partial charge is 0.338 e. The molecule has 0 radical (unpaired) electrons. The molecule has 2 aromatic rings. The van der Waals surface area contributed by atoms with Crippen LogP contribution >= 0.6 is 0 Å². The van der Waals surface area contributed by atoms with Gasteiger partial charge in [-0.15, -0.1) is 0 Å². The number of nitrogens with zero attached hydrogens (tertiary/aromatic N) is 1. The molecule has 0 bridgehead atoms. The summed E-state index contributed by atoms with van der Waals surface area (Å²) in [5.74, 6) is -0.302. The van der Waals surface area contributed by atoms with Gasteiger partial charge in [0, 0.05) is 18.3 Å². The van der Waals surface area contributed by atoms with E-state index in [0.717, 1.165) is 24.8 Å². The number of carbonyl (C=O) groups is 2. The van der Waals surface area contributed by atoms with Crippen LogP contribution in [0.2, 0.25) is 0 Å². The van der Waals surface area contributed by atoms with Crippen molar-refractivity contribution < 1.29 is 14.3 Å². The quantitative estimate of drug-likeness (QED) is 0.846. The summed E-state index contributed by atoms with van der Waals surface area (Å²) in [7, 11) is 1.84. The first kappa shape index (κ1) is 15.7. The summed E-state index contributed by atoms with van der Waals surface area (Å²) in [5, 5.41) is 2.93. The number of rotatable bonds is 2. The second kappa shape index (κ2) is 6.24. The van der Waals surface area contributed by atoms with Gasteiger partial charge in [-0.2, -0.15) is 0 Å². The Morgan fingerprint density at radius 2 is 2.04 bits per heavy atom. The highest BCUT2D eigenvalue weighted by molar-refractivity contribution is 5.95. The molecule has 0 saturated carbocycles. The van der Waals surface area contributed by atoms with Crippen molar-refractivity contribution in [2.45, 2.75) is 31.9 Å². The zero-order valence-electron chi connectivity index (χ0n) is 14.1. The molecular formula is C20H20N2O3. The van der Waals surface area contributed by atoms with Crippen molar-refractivity contribution in [3.63, 3.8) is 0 Å². The van der Waals surface area contributed by atoms with E-state index in [9.17, 15) is 9.59 Å². The van der Waals surface area contributed by atoms with E-state index in [2.05, 4.69) is 23.5 Å². The molecule has 2 amide bonds. The van der Waals surface area contributed by atoms with Crippen LogP contribution < -0.4 is 5.32 Å². The van der Waals surface area contributed by atoms with E-state index >= 15 is 0 Å². The topological polar surface area (TPSA) is 58.6 Å². The van der Waals surface area contributed by atoms with Gasteiger partial charge in [0.15, 0.2) is 0 Å². The molecule has 2 aliphatic rings. The Bertz CT molecular complexity index is 847. The molecule has 5 nitrogen and oxygen atoms in total. The maximum Gasteiger partial charge on any atom is 0.338 e. The Morgan fingerprint density at radius 1 is 1.20 bits per heavy atom. The highest BCUT2D eigenvalue weighted by atomic mass is 16.5. The van der Waals surface area contributed by atoms with Gasteiger partial charge in [-0.25, -0.2) is 9.59 Å². The van der Waals surface area contributed by atoms with Crippen LogP contribution in [0, 0.1) is 0 Å². The third kappa shape index (κ3) is 2.86. The minimum atomic E-state index is -0.302. The molecule has 1 unspecified atom stereocenters. The van der Waals surface area contributed by atoms with Crippen LogP contribution in [-0.2, 0) is 17.8 Å². The van der Waals surface area contributed by atoms with Crippen molar-refractivity contribution in [1.29, 1.82) is 0 Å². The van der Waals surface area contributed by atoms with E-state index in [1.807, 2.05) is 13.1 Å². The maximum absolute atomic E-state index is 12.7. The average molecular weight is 336 g/mol. The lowest BCUT2D eigenvalue weighted by molar-refractivity contribution is 0.0535. The standard InChI is InChI=1S/C20H20N2O3/c1-22(18-8-4-6-13-5-2-3-7-16(13)18)20(24)21-15-9-10-17-14(11-15)12-25-19(17)23/h2-3,5,7,9-11,18H,4,6,8,12H2,1H3,(H,21,24). The predicted molar refractivity (Wildman–Crippen MR) is 94.5 cm³/mol. The minimum absolute atomic E-state index is 0.0873. The molecule has 4 rings (SSSR count). The highest BCUT2D eigenvalue weighted by Gasteiger charge is 2.27. The van der Waals surface area contributed by atoms with Gasteiger partial charge in [-0.1, -0.05) is 24.3 Å². The van der Waals surface area contributed by atoms with Gasteiger partial charge >= 0.3 is 12.0 Å². The molecule has 128 valence electrons. The van der Waals surface area contributed by atoms with Crippen LogP contribution in [0.4, 0.5) is 10.5 Å². The van der Waals surface area contributed by atoms with Crippen LogP contribution in [0.25, 0.3) is 0 Å². The fourth-order valence-corrected chi connectivity index (χ4v) is 3.69. The molecule has 0 aromatic heterocycles. The summed E-state index contributed by atoms with van der Waals surface area (Å²) in [5.41, 5.74) is 4.63. The van der Waals surface area contributed by atoms with E-state index in [1.54, 1.807) is 23.1 Å². The summed E-state index contributed by atoms with van der Waals surface area (Å²) in [4.78, 5) is 26.0. The van der Waals surface area contributed by atoms with Gasteiger partial charge in [0.1, 0.15) is 6.61 Å². The van der Waals surface area contributed by atoms with Crippen molar-refractivity contribution in [2.24, 2.45) is 0 Å². The first-order chi connectivity index (χ1) is 12.1. The SMILES string of the molecule is CN(C(=O)Nc1ccc2c(c1)COC2=O)C1CCCc2ccccc21. The predicted octanol–water partition coefficient (Wildman–Crippen LogP) is 3.90. The third-order valence-electron chi connectivity index (χ3n) is 5.06. The number of fused-ring (bicyclic) bond motifs is 2. The van der Waals surface area contributed by atoms with Crippen LogP contribution in [0.3, 0.4) is 0 Å². The maximum atomic E-state index is 12.7. The second-order valence-corrected chi connectivity index (χ2v) is 6.60. The number of urea groups is 1. The molecule has 25 heavy (non-hydrogen) atoms. The number of benzene rings is 2. The van der Waals surface area contributed by atoms with Crippen LogP contribution in [-0.4, -0.2) is 23.9 Å². The Labute approximate surface area is 146 Å². The normalized spacial score (nSPS) is 18.1. The molecule has 0 saturated heterocycles. The largest absolute Gasteiger partial charge is 0.457 e. The van der Waals surface area contributed by atoms with E-state index < -0.39 is 0 Å². The molecule has 2 aromatic carbocycles. The molecule has 1 N–H and O–H groups in total. The van der Waals surface area contributed by atoms with E-state index in [0.29, 0.717) is 11.3 Å². The number of aryl methyl sites for hydroxylation is 1. The van der Waals surface area contributed by atoms with Crippen molar-refractivity contribution in [3.8, 4) is 0 Å². The van der Waals surface area contributed by atoms with Crippen molar-refractivity contribution in [3.05, 3.63) is 64.7 Å². The fraction of sp³-hybridized carbons (Fsp3) is 0.300. The molecular weight excluding hydrogens is 316 g/mol. The molecule has 0 spiro atoms. The summed E-state index contributed by atoms with van der Waals surface area (Å²) in [6.45, 7) is 0.268. The third-order valence-corrected chi connectivity index (χ3v) is 5.06. The monoisotopic (exact) mass is 336 g/mol. The Hall–Kier alpha value is -2.82. The Balaban J connectivity index is 1.51. The molecule has 1 atom stereocenters. The zero-order chi connectivity index (χ0) is 17.4. The fourth-order valence-electron chi connectivity index (χ4n) is 3.69. The van der Waals surface area contributed by atoms with Gasteiger partial charge in [-0.3, -0.25) is 0 Å². The van der Waals surface area contributed by atoms with Crippen molar-refractivity contribution >= 4 is 17.7 Å². The Kier molecular flexibility index (Phi) is 3.92. The zero-order valence-corrected chi connectivity index (χ0v) is 14.1. The van der Waals surface area contributed by atoms with E-state index in [1.165, 1.54) is 11.1 Å². The van der Waals surface area contributed by atoms with Crippen molar-refractivity contribution in [1.82, 2.24) is 4.90 Å². The van der Waals surface area contributed by atoms with Gasteiger partial charge in [0.25, 0.3) is 0 Å². The first-order valence-electron chi connectivity index (χ1n) is 8.55. The van der Waals surface area contributed by atoms with Gasteiger partial charge in [0.05, 0.1) is 11.6 Å². The molecule has 0 fully saturated rings. The second-order valence-electron chi connectivity index (χ2n) is 6.60. The summed E-state index contributed by atoms with van der Waals surface area (Å²) in [6.07, 6.45) is 3.12. The summed E-state index contributed by atoms with van der Waals surface area (Å²) < 4.78 is 5.00. The first-order valence-corrected chi connectivity index (χ1v) is 8.55. The average Bonchev–Trinajstić information content (AvgIpc) is 3.01. The molecule has 1 aliphatic carbocycles. The summed E-state index contributed by atoms with van der Waals surface area (Å²) in [6, 6.07) is 13.5. The number of hydrogen-bond acceptors (Lipinski definition) is 3. The number of anilines is 1. The lowest BCUT2D eigenvalue weighted by Gasteiger charge is -2.33. The van der Waals surface area contributed by atoms with Crippen LogP contribution in [0.1, 0.15) is 45.9 Å². The number of carbonyl (C=O) groups excluding carboxylic acids is 2. The van der Waals surface area contributed by atoms with Crippen molar-refractivity contribution in [2.75, 3.05) is 12.4 Å². The number of amides is 2. The highest BCUT2D eigenvalue weighted by Crippen LogP contribution is 2.33. The van der Waals surface area contributed by atoms with E-state index in [4.69, 9.17) is 4.74 Å². The number of esters is 1. The number of ether oxygens (including phenoxy) is 1. The lowest BCUT2D eigenvalue weighted by Crippen LogP contribution is -2.36. The summed E-state index contributed by atoms with van der Waals surface area (Å²) >= 11 is 0. The van der Waals surface area contributed by atoms with E-state index in [-0.39, 0.29) is 24.6 Å². The van der Waals surface area contributed by atoms with Gasteiger partial charge in [-0.05, 0) is 48.6 Å². The van der Waals surface area contributed by atoms with Gasteiger partial charge in [0.2, 0.25) is 0 Å².